The lowest BCUT2D eigenvalue weighted by molar-refractivity contribution is 0.0503. The van der Waals surface area contributed by atoms with Gasteiger partial charge in [0.2, 0.25) is 0 Å². The number of ether oxygens (including phenoxy) is 1. The van der Waals surface area contributed by atoms with E-state index in [9.17, 15) is 0 Å². The monoisotopic (exact) mass is 218 g/mol. The molecule has 1 aromatic rings. The van der Waals surface area contributed by atoms with Crippen molar-refractivity contribution in [2.45, 2.75) is 52.6 Å². The first kappa shape index (κ1) is 11.5. The fourth-order valence-electron chi connectivity index (χ4n) is 2.57. The molecule has 1 heterocycles. The van der Waals surface area contributed by atoms with E-state index in [4.69, 9.17) is 4.74 Å². The molecule has 0 N–H and O–H groups in total. The van der Waals surface area contributed by atoms with Crippen LogP contribution in [-0.2, 0) is 0 Å². The van der Waals surface area contributed by atoms with Crippen LogP contribution in [0.3, 0.4) is 0 Å². The van der Waals surface area contributed by atoms with Crippen LogP contribution in [-0.4, -0.2) is 5.60 Å². The van der Waals surface area contributed by atoms with Crippen LogP contribution in [0.1, 0.15) is 52.5 Å². The normalized spacial score (nSPS) is 23.4. The Balaban J connectivity index is 2.48. The first-order chi connectivity index (χ1) is 7.30. The summed E-state index contributed by atoms with van der Waals surface area (Å²) in [5, 5.41) is 0. The van der Waals surface area contributed by atoms with Gasteiger partial charge >= 0.3 is 0 Å². The summed E-state index contributed by atoms with van der Waals surface area (Å²) < 4.78 is 6.04. The average Bonchev–Trinajstić information content (AvgIpc) is 2.13. The molecule has 2 rings (SSSR count). The van der Waals surface area contributed by atoms with E-state index < -0.39 is 0 Å². The van der Waals surface area contributed by atoms with Crippen LogP contribution in [0.4, 0.5) is 0 Å². The van der Waals surface area contributed by atoms with Gasteiger partial charge in [0, 0.05) is 0 Å². The zero-order valence-corrected chi connectivity index (χ0v) is 11.0. The van der Waals surface area contributed by atoms with Gasteiger partial charge in [0.15, 0.2) is 0 Å². The van der Waals surface area contributed by atoms with Crippen LogP contribution < -0.4 is 4.74 Å². The van der Waals surface area contributed by atoms with Crippen molar-refractivity contribution in [1.29, 1.82) is 0 Å². The van der Waals surface area contributed by atoms with Gasteiger partial charge in [-0.15, -0.1) is 0 Å². The maximum absolute atomic E-state index is 6.04. The molecule has 1 aliphatic rings. The molecule has 0 saturated heterocycles. The minimum absolute atomic E-state index is 0.0493. The third-order valence-corrected chi connectivity index (χ3v) is 3.42. The van der Waals surface area contributed by atoms with E-state index in [0.717, 1.165) is 12.2 Å². The van der Waals surface area contributed by atoms with Crippen molar-refractivity contribution < 1.29 is 4.74 Å². The van der Waals surface area contributed by atoms with Crippen LogP contribution in [0, 0.1) is 5.41 Å². The van der Waals surface area contributed by atoms with E-state index in [1.807, 2.05) is 0 Å². The highest BCUT2D eigenvalue weighted by molar-refractivity contribution is 5.40. The van der Waals surface area contributed by atoms with Crippen LogP contribution in [0.25, 0.3) is 0 Å². The molecule has 0 bridgehead atoms. The Morgan fingerprint density at radius 2 is 1.81 bits per heavy atom. The Morgan fingerprint density at radius 1 is 1.19 bits per heavy atom. The molecule has 1 unspecified atom stereocenters. The number of hydrogen-bond donors (Lipinski definition) is 0. The van der Waals surface area contributed by atoms with Gasteiger partial charge in [-0.05, 0) is 43.2 Å². The fourth-order valence-corrected chi connectivity index (χ4v) is 2.57. The van der Waals surface area contributed by atoms with Gasteiger partial charge in [0.05, 0.1) is 0 Å². The summed E-state index contributed by atoms with van der Waals surface area (Å²) in [4.78, 5) is 0. The molecule has 88 valence electrons. The first-order valence-corrected chi connectivity index (χ1v) is 6.07. The second-order valence-electron chi connectivity index (χ2n) is 6.52. The van der Waals surface area contributed by atoms with E-state index in [1.54, 1.807) is 0 Å². The van der Waals surface area contributed by atoms with E-state index in [0.29, 0.717) is 5.92 Å². The summed E-state index contributed by atoms with van der Waals surface area (Å²) in [6.45, 7) is 11.3. The van der Waals surface area contributed by atoms with Crippen molar-refractivity contribution in [3.8, 4) is 5.75 Å². The summed E-state index contributed by atoms with van der Waals surface area (Å²) in [5.74, 6) is 1.64. The zero-order valence-electron chi connectivity index (χ0n) is 11.0. The van der Waals surface area contributed by atoms with Crippen LogP contribution in [0.15, 0.2) is 24.3 Å². The van der Waals surface area contributed by atoms with Gasteiger partial charge in [0.1, 0.15) is 11.4 Å². The zero-order chi connectivity index (χ0) is 12.0. The smallest absolute Gasteiger partial charge is 0.123 e. The summed E-state index contributed by atoms with van der Waals surface area (Å²) in [7, 11) is 0. The quantitative estimate of drug-likeness (QED) is 0.628. The van der Waals surface area contributed by atoms with E-state index >= 15 is 0 Å². The number of para-hydroxylation sites is 1. The second kappa shape index (κ2) is 3.51. The molecule has 1 aliphatic heterocycles. The van der Waals surface area contributed by atoms with Crippen molar-refractivity contribution >= 4 is 0 Å². The summed E-state index contributed by atoms with van der Waals surface area (Å²) >= 11 is 0. The summed E-state index contributed by atoms with van der Waals surface area (Å²) in [5.41, 5.74) is 1.61. The minimum atomic E-state index is -0.0493. The maximum Gasteiger partial charge on any atom is 0.123 e. The molecule has 1 atom stereocenters. The average molecular weight is 218 g/mol. The third-order valence-electron chi connectivity index (χ3n) is 3.42. The van der Waals surface area contributed by atoms with Gasteiger partial charge in [-0.1, -0.05) is 39.0 Å². The van der Waals surface area contributed by atoms with E-state index in [1.165, 1.54) is 5.56 Å². The molecule has 0 saturated carbocycles. The fraction of sp³-hybridized carbons (Fsp3) is 0.600. The lowest BCUT2D eigenvalue weighted by Gasteiger charge is -2.43. The molecular formula is C15H22O. The number of hydrogen-bond acceptors (Lipinski definition) is 1. The SMILES string of the molecule is CC1(C)CC(C(C)(C)C)c2ccccc2O1. The largest absolute Gasteiger partial charge is 0.488 e. The predicted octanol–water partition coefficient (Wildman–Crippen LogP) is 4.38. The van der Waals surface area contributed by atoms with Crippen LogP contribution >= 0.6 is 0 Å². The topological polar surface area (TPSA) is 9.23 Å². The highest BCUT2D eigenvalue weighted by Gasteiger charge is 2.39. The Morgan fingerprint density at radius 3 is 2.44 bits per heavy atom. The molecular weight excluding hydrogens is 196 g/mol. The first-order valence-electron chi connectivity index (χ1n) is 6.07. The summed E-state index contributed by atoms with van der Waals surface area (Å²) in [6, 6.07) is 8.47. The molecule has 1 nitrogen and oxygen atoms in total. The third kappa shape index (κ3) is 2.09. The molecule has 0 spiro atoms. The van der Waals surface area contributed by atoms with E-state index in [2.05, 4.69) is 58.9 Å². The van der Waals surface area contributed by atoms with Gasteiger partial charge in [-0.25, -0.2) is 0 Å². The highest BCUT2D eigenvalue weighted by Crippen LogP contribution is 2.48. The Kier molecular flexibility index (Phi) is 2.52. The molecule has 0 fully saturated rings. The minimum Gasteiger partial charge on any atom is -0.488 e. The van der Waals surface area contributed by atoms with Crippen molar-refractivity contribution in [3.05, 3.63) is 29.8 Å². The number of fused-ring (bicyclic) bond motifs is 1. The van der Waals surface area contributed by atoms with Crippen molar-refractivity contribution in [2.75, 3.05) is 0 Å². The van der Waals surface area contributed by atoms with Crippen molar-refractivity contribution in [1.82, 2.24) is 0 Å². The number of benzene rings is 1. The molecule has 0 amide bonds. The standard InChI is InChI=1S/C15H22O/c1-14(2,3)12-10-15(4,5)16-13-9-7-6-8-11(12)13/h6-9,12H,10H2,1-5H3. The molecule has 1 aromatic carbocycles. The van der Waals surface area contributed by atoms with Gasteiger partial charge in [-0.3, -0.25) is 0 Å². The summed E-state index contributed by atoms with van der Waals surface area (Å²) in [6.07, 6.45) is 1.09. The van der Waals surface area contributed by atoms with Gasteiger partial charge < -0.3 is 4.74 Å². The van der Waals surface area contributed by atoms with Gasteiger partial charge in [0.25, 0.3) is 0 Å². The van der Waals surface area contributed by atoms with Crippen LogP contribution in [0.5, 0.6) is 5.75 Å². The van der Waals surface area contributed by atoms with Crippen molar-refractivity contribution in [3.63, 3.8) is 0 Å². The molecule has 0 aliphatic carbocycles. The molecule has 0 radical (unpaired) electrons. The lowest BCUT2D eigenvalue weighted by atomic mass is 9.70. The predicted molar refractivity (Wildman–Crippen MR) is 68.0 cm³/mol. The lowest BCUT2D eigenvalue weighted by Crippen LogP contribution is -2.38. The Labute approximate surface area is 98.8 Å². The molecule has 1 heteroatoms. The van der Waals surface area contributed by atoms with Crippen LogP contribution in [0.2, 0.25) is 0 Å². The highest BCUT2D eigenvalue weighted by atomic mass is 16.5. The number of rotatable bonds is 0. The van der Waals surface area contributed by atoms with Crippen molar-refractivity contribution in [2.24, 2.45) is 5.41 Å². The Hall–Kier alpha value is -0.980. The Bertz CT molecular complexity index is 385. The van der Waals surface area contributed by atoms with E-state index in [-0.39, 0.29) is 11.0 Å². The molecule has 0 aromatic heterocycles. The van der Waals surface area contributed by atoms with Gasteiger partial charge in [-0.2, -0.15) is 0 Å². The molecule has 16 heavy (non-hydrogen) atoms. The second-order valence-corrected chi connectivity index (χ2v) is 6.52. The maximum atomic E-state index is 6.04.